The molecule has 0 radical (unpaired) electrons. The van der Waals surface area contributed by atoms with Gasteiger partial charge >= 0.3 is 0 Å². The number of Topliss-reactive ketones (excluding diaryl/α,β-unsaturated/α-hetero) is 1. The van der Waals surface area contributed by atoms with Crippen LogP contribution in [0, 0.1) is 5.92 Å². The number of thiazole rings is 1. The van der Waals surface area contributed by atoms with Crippen LogP contribution in [0.3, 0.4) is 0 Å². The van der Waals surface area contributed by atoms with Crippen molar-refractivity contribution in [2.45, 2.75) is 37.9 Å². The highest BCUT2D eigenvalue weighted by molar-refractivity contribution is 9.10. The molecule has 10 heteroatoms. The molecule has 1 aliphatic carbocycles. The van der Waals surface area contributed by atoms with E-state index in [9.17, 15) is 14.4 Å². The van der Waals surface area contributed by atoms with E-state index >= 15 is 0 Å². The standard InChI is InChI=1S/C20H18BrN5O3S/c21-16-9-30-17(23-16)7-15(27)14-6-10-5-13(10)26(14)18(28)8-25-12-4-2-1-3-11(12)19(24-25)20(22)29/h1-4,9-10,13-14H,5-8H2,(H2,22,29)/t10-,13-,14+/m1/s1. The number of carbonyl (C=O) groups is 3. The van der Waals surface area contributed by atoms with E-state index in [0.717, 1.165) is 11.4 Å². The minimum atomic E-state index is -0.636. The Labute approximate surface area is 184 Å². The molecule has 1 aromatic carbocycles. The van der Waals surface area contributed by atoms with Crippen molar-refractivity contribution < 1.29 is 14.4 Å². The second-order valence-electron chi connectivity index (χ2n) is 7.71. The fraction of sp³-hybridized carbons (Fsp3) is 0.350. The number of piperidine rings is 1. The lowest BCUT2D eigenvalue weighted by atomic mass is 10.0. The van der Waals surface area contributed by atoms with E-state index in [1.54, 1.807) is 23.1 Å². The molecule has 0 spiro atoms. The van der Waals surface area contributed by atoms with Gasteiger partial charge < -0.3 is 10.6 Å². The third-order valence-corrected chi connectivity index (χ3v) is 7.35. The molecule has 1 saturated heterocycles. The van der Waals surface area contributed by atoms with Crippen LogP contribution in [0.5, 0.6) is 0 Å². The molecule has 154 valence electrons. The van der Waals surface area contributed by atoms with Crippen molar-refractivity contribution in [1.82, 2.24) is 19.7 Å². The van der Waals surface area contributed by atoms with Crippen molar-refractivity contribution >= 4 is 55.8 Å². The molecule has 3 atom stereocenters. The number of para-hydroxylation sites is 1. The van der Waals surface area contributed by atoms with Crippen molar-refractivity contribution in [1.29, 1.82) is 0 Å². The highest BCUT2D eigenvalue weighted by atomic mass is 79.9. The largest absolute Gasteiger partial charge is 0.364 e. The first kappa shape index (κ1) is 19.4. The van der Waals surface area contributed by atoms with Crippen LogP contribution in [-0.2, 0) is 22.6 Å². The first-order valence-corrected chi connectivity index (χ1v) is 11.3. The summed E-state index contributed by atoms with van der Waals surface area (Å²) in [5.41, 5.74) is 6.26. The zero-order chi connectivity index (χ0) is 21.0. The van der Waals surface area contributed by atoms with Crippen LogP contribution < -0.4 is 5.73 Å². The number of likely N-dealkylation sites (tertiary alicyclic amines) is 1. The molecule has 2 N–H and O–H groups in total. The molecule has 2 aliphatic rings. The van der Waals surface area contributed by atoms with Crippen LogP contribution in [0.2, 0.25) is 0 Å². The molecule has 1 aliphatic heterocycles. The highest BCUT2D eigenvalue weighted by Gasteiger charge is 2.55. The van der Waals surface area contributed by atoms with Gasteiger partial charge in [-0.3, -0.25) is 19.1 Å². The number of nitrogens with two attached hydrogens (primary N) is 1. The van der Waals surface area contributed by atoms with Crippen LogP contribution in [0.1, 0.15) is 28.3 Å². The quantitative estimate of drug-likeness (QED) is 0.572. The fourth-order valence-electron chi connectivity index (χ4n) is 4.38. The van der Waals surface area contributed by atoms with Crippen LogP contribution in [0.15, 0.2) is 34.2 Å². The van der Waals surface area contributed by atoms with Crippen molar-refractivity contribution in [3.05, 3.63) is 45.0 Å². The Morgan fingerprint density at radius 3 is 2.77 bits per heavy atom. The molecule has 5 rings (SSSR count). The Morgan fingerprint density at radius 2 is 2.03 bits per heavy atom. The van der Waals surface area contributed by atoms with E-state index in [1.807, 2.05) is 11.4 Å². The molecule has 8 nitrogen and oxygen atoms in total. The predicted octanol–water partition coefficient (Wildman–Crippen LogP) is 2.16. The van der Waals surface area contributed by atoms with Crippen LogP contribution in [-0.4, -0.2) is 49.3 Å². The number of nitrogens with zero attached hydrogens (tertiary/aromatic N) is 4. The number of ketones is 1. The van der Waals surface area contributed by atoms with Gasteiger partial charge in [-0.1, -0.05) is 18.2 Å². The number of hydrogen-bond acceptors (Lipinski definition) is 6. The lowest BCUT2D eigenvalue weighted by molar-refractivity contribution is -0.139. The van der Waals surface area contributed by atoms with Crippen LogP contribution in [0.25, 0.3) is 10.9 Å². The Balaban J connectivity index is 1.38. The summed E-state index contributed by atoms with van der Waals surface area (Å²) in [6, 6.07) is 6.86. The van der Waals surface area contributed by atoms with Gasteiger partial charge in [-0.05, 0) is 40.8 Å². The van der Waals surface area contributed by atoms with Crippen molar-refractivity contribution in [2.75, 3.05) is 0 Å². The summed E-state index contributed by atoms with van der Waals surface area (Å²) in [6.45, 7) is -0.0381. The first-order chi connectivity index (χ1) is 14.4. The number of carbonyl (C=O) groups excluding carboxylic acids is 3. The topological polar surface area (TPSA) is 111 Å². The maximum atomic E-state index is 13.2. The van der Waals surface area contributed by atoms with Gasteiger partial charge in [0.15, 0.2) is 11.5 Å². The van der Waals surface area contributed by atoms with E-state index in [4.69, 9.17) is 5.73 Å². The minimum Gasteiger partial charge on any atom is -0.364 e. The summed E-state index contributed by atoms with van der Waals surface area (Å²) in [7, 11) is 0. The lowest BCUT2D eigenvalue weighted by Crippen LogP contribution is -2.45. The van der Waals surface area contributed by atoms with Gasteiger partial charge in [0.25, 0.3) is 5.91 Å². The summed E-state index contributed by atoms with van der Waals surface area (Å²) >= 11 is 4.73. The molecule has 3 aromatic rings. The molecular formula is C20H18BrN5O3S. The fourth-order valence-corrected chi connectivity index (χ4v) is 5.65. The van der Waals surface area contributed by atoms with E-state index < -0.39 is 11.9 Å². The smallest absolute Gasteiger partial charge is 0.269 e. The van der Waals surface area contributed by atoms with Crippen LogP contribution in [0.4, 0.5) is 0 Å². The Kier molecular flexibility index (Phi) is 4.70. The molecule has 2 fully saturated rings. The van der Waals surface area contributed by atoms with Gasteiger partial charge in [0.2, 0.25) is 5.91 Å². The number of halogens is 1. The number of benzene rings is 1. The maximum absolute atomic E-state index is 13.2. The Morgan fingerprint density at radius 1 is 1.23 bits per heavy atom. The lowest BCUT2D eigenvalue weighted by Gasteiger charge is -2.26. The van der Waals surface area contributed by atoms with Gasteiger partial charge in [-0.2, -0.15) is 5.10 Å². The van der Waals surface area contributed by atoms with Gasteiger partial charge in [-0.25, -0.2) is 4.98 Å². The third kappa shape index (κ3) is 3.33. The number of hydrogen-bond donors (Lipinski definition) is 1. The monoisotopic (exact) mass is 487 g/mol. The maximum Gasteiger partial charge on any atom is 0.269 e. The van der Waals surface area contributed by atoms with E-state index in [-0.39, 0.29) is 36.4 Å². The zero-order valence-electron chi connectivity index (χ0n) is 15.8. The molecular weight excluding hydrogens is 470 g/mol. The van der Waals surface area contributed by atoms with Crippen molar-refractivity contribution in [3.8, 4) is 0 Å². The average Bonchev–Trinajstić information content (AvgIpc) is 3.03. The molecule has 3 heterocycles. The first-order valence-electron chi connectivity index (χ1n) is 9.61. The van der Waals surface area contributed by atoms with E-state index in [1.165, 1.54) is 16.0 Å². The Hall–Kier alpha value is -2.59. The second kappa shape index (κ2) is 7.28. The summed E-state index contributed by atoms with van der Waals surface area (Å²) in [4.78, 5) is 43.9. The number of rotatable bonds is 6. The SMILES string of the molecule is NC(=O)c1nn(CC(=O)N2[C@@H]3C[C@@H]3C[C@H]2C(=O)Cc2nc(Br)cs2)c2ccccc12. The summed E-state index contributed by atoms with van der Waals surface area (Å²) in [6.07, 6.45) is 1.86. The average molecular weight is 488 g/mol. The molecule has 2 aromatic heterocycles. The Bertz CT molecular complexity index is 1190. The van der Waals surface area contributed by atoms with Gasteiger partial charge in [0, 0.05) is 16.8 Å². The highest BCUT2D eigenvalue weighted by Crippen LogP contribution is 2.48. The van der Waals surface area contributed by atoms with Gasteiger partial charge in [0.1, 0.15) is 16.2 Å². The molecule has 0 bridgehead atoms. The normalized spacial score (nSPS) is 22.3. The number of amides is 2. The second-order valence-corrected chi connectivity index (χ2v) is 9.47. The molecule has 30 heavy (non-hydrogen) atoms. The number of fused-ring (bicyclic) bond motifs is 2. The zero-order valence-corrected chi connectivity index (χ0v) is 18.2. The van der Waals surface area contributed by atoms with Crippen molar-refractivity contribution in [2.24, 2.45) is 11.7 Å². The molecule has 1 saturated carbocycles. The number of primary amides is 1. The van der Waals surface area contributed by atoms with Crippen LogP contribution >= 0.6 is 27.3 Å². The van der Waals surface area contributed by atoms with Gasteiger partial charge in [0.05, 0.1) is 18.0 Å². The minimum absolute atomic E-state index is 0.0144. The van der Waals surface area contributed by atoms with Crippen molar-refractivity contribution in [3.63, 3.8) is 0 Å². The van der Waals surface area contributed by atoms with E-state index in [0.29, 0.717) is 27.8 Å². The molecule has 0 unspecified atom stereocenters. The molecule has 2 amide bonds. The summed E-state index contributed by atoms with van der Waals surface area (Å²) in [5, 5.41) is 7.48. The summed E-state index contributed by atoms with van der Waals surface area (Å²) in [5.74, 6) is -0.395. The van der Waals surface area contributed by atoms with E-state index in [2.05, 4.69) is 26.0 Å². The predicted molar refractivity (Wildman–Crippen MR) is 114 cm³/mol. The third-order valence-electron chi connectivity index (χ3n) is 5.79. The number of aromatic nitrogens is 3. The summed E-state index contributed by atoms with van der Waals surface area (Å²) < 4.78 is 2.22. The van der Waals surface area contributed by atoms with Gasteiger partial charge in [-0.15, -0.1) is 11.3 Å².